The van der Waals surface area contributed by atoms with Crippen LogP contribution in [-0.2, 0) is 0 Å². The summed E-state index contributed by atoms with van der Waals surface area (Å²) >= 11 is 0. The average Bonchev–Trinajstić information content (AvgIpc) is 3.10. The predicted octanol–water partition coefficient (Wildman–Crippen LogP) is 1.53. The number of hydrogen-bond donors (Lipinski definition) is 1. The van der Waals surface area contributed by atoms with Gasteiger partial charge in [0.05, 0.1) is 0 Å². The zero-order chi connectivity index (χ0) is 12.1. The lowest BCUT2D eigenvalue weighted by atomic mass is 10.1. The minimum absolute atomic E-state index is 0.380. The van der Waals surface area contributed by atoms with Crippen LogP contribution in [0.1, 0.15) is 39.0 Å². The summed E-state index contributed by atoms with van der Waals surface area (Å²) in [7, 11) is 0. The van der Waals surface area contributed by atoms with E-state index in [1.54, 1.807) is 0 Å². The Morgan fingerprint density at radius 2 is 1.71 bits per heavy atom. The highest BCUT2D eigenvalue weighted by Gasteiger charge is 2.26. The molecule has 3 heteroatoms. The zero-order valence-electron chi connectivity index (χ0n) is 11.4. The van der Waals surface area contributed by atoms with Crippen LogP contribution >= 0.6 is 0 Å². The van der Waals surface area contributed by atoms with E-state index in [0.29, 0.717) is 6.04 Å². The van der Waals surface area contributed by atoms with Gasteiger partial charge in [-0.1, -0.05) is 6.42 Å². The number of rotatable bonds is 7. The van der Waals surface area contributed by atoms with Gasteiger partial charge in [0.1, 0.15) is 0 Å². The third-order valence-corrected chi connectivity index (χ3v) is 4.06. The molecule has 0 radical (unpaired) electrons. The summed E-state index contributed by atoms with van der Waals surface area (Å²) in [6, 6.07) is 0.380. The average molecular weight is 239 g/mol. The van der Waals surface area contributed by atoms with Gasteiger partial charge in [-0.2, -0.15) is 0 Å². The molecule has 1 aliphatic heterocycles. The van der Waals surface area contributed by atoms with Crippen molar-refractivity contribution in [2.24, 2.45) is 11.7 Å². The number of hydrogen-bond acceptors (Lipinski definition) is 3. The van der Waals surface area contributed by atoms with Gasteiger partial charge >= 0.3 is 0 Å². The number of piperazine rings is 1. The Hall–Kier alpha value is -0.120. The quantitative estimate of drug-likeness (QED) is 0.684. The highest BCUT2D eigenvalue weighted by molar-refractivity contribution is 4.80. The van der Waals surface area contributed by atoms with Crippen LogP contribution in [0.4, 0.5) is 0 Å². The Morgan fingerprint density at radius 3 is 2.29 bits per heavy atom. The van der Waals surface area contributed by atoms with Crippen LogP contribution in [0.3, 0.4) is 0 Å². The van der Waals surface area contributed by atoms with Gasteiger partial charge in [0.2, 0.25) is 0 Å². The molecular weight excluding hydrogens is 210 g/mol. The van der Waals surface area contributed by atoms with E-state index in [0.717, 1.165) is 5.92 Å². The molecule has 3 nitrogen and oxygen atoms in total. The van der Waals surface area contributed by atoms with Gasteiger partial charge in [-0.3, -0.25) is 0 Å². The molecule has 2 aliphatic rings. The Bertz CT molecular complexity index is 203. The number of nitrogens with two attached hydrogens (primary N) is 1. The van der Waals surface area contributed by atoms with Crippen molar-refractivity contribution < 1.29 is 0 Å². The summed E-state index contributed by atoms with van der Waals surface area (Å²) in [6.07, 6.45) is 6.76. The lowest BCUT2D eigenvalue weighted by Crippen LogP contribution is -2.47. The fraction of sp³-hybridized carbons (Fsp3) is 1.00. The van der Waals surface area contributed by atoms with Crippen molar-refractivity contribution in [3.63, 3.8) is 0 Å². The minimum Gasteiger partial charge on any atom is -0.328 e. The Kier molecular flexibility index (Phi) is 5.26. The SMILES string of the molecule is CC(N)CCCCN1CCN(CC2CC2)CC1. The van der Waals surface area contributed by atoms with Crippen molar-refractivity contribution in [1.82, 2.24) is 9.80 Å². The third-order valence-electron chi connectivity index (χ3n) is 4.06. The van der Waals surface area contributed by atoms with Crippen LogP contribution in [0.15, 0.2) is 0 Å². The third kappa shape index (κ3) is 5.36. The topological polar surface area (TPSA) is 32.5 Å². The monoisotopic (exact) mass is 239 g/mol. The Morgan fingerprint density at radius 1 is 1.06 bits per heavy atom. The molecule has 1 unspecified atom stereocenters. The fourth-order valence-electron chi connectivity index (χ4n) is 2.66. The normalized spacial score (nSPS) is 25.1. The van der Waals surface area contributed by atoms with E-state index in [-0.39, 0.29) is 0 Å². The van der Waals surface area contributed by atoms with E-state index in [1.165, 1.54) is 71.4 Å². The van der Waals surface area contributed by atoms with Gasteiger partial charge in [0.15, 0.2) is 0 Å². The largest absolute Gasteiger partial charge is 0.328 e. The first-order valence-electron chi connectivity index (χ1n) is 7.44. The van der Waals surface area contributed by atoms with Gasteiger partial charge in [-0.25, -0.2) is 0 Å². The van der Waals surface area contributed by atoms with Crippen LogP contribution in [0.25, 0.3) is 0 Å². The summed E-state index contributed by atoms with van der Waals surface area (Å²) in [5.74, 6) is 1.05. The highest BCUT2D eigenvalue weighted by atomic mass is 15.3. The van der Waals surface area contributed by atoms with Crippen LogP contribution in [0.2, 0.25) is 0 Å². The molecule has 0 amide bonds. The smallest absolute Gasteiger partial charge is 0.0110 e. The van der Waals surface area contributed by atoms with E-state index >= 15 is 0 Å². The Balaban J connectivity index is 1.49. The van der Waals surface area contributed by atoms with E-state index in [9.17, 15) is 0 Å². The van der Waals surface area contributed by atoms with E-state index in [1.807, 2.05) is 0 Å². The standard InChI is InChI=1S/C14H29N3/c1-13(15)4-2-3-7-16-8-10-17(11-9-16)12-14-5-6-14/h13-14H,2-12,15H2,1H3. The molecule has 1 saturated heterocycles. The first kappa shape index (κ1) is 13.3. The fourth-order valence-corrected chi connectivity index (χ4v) is 2.66. The first-order valence-corrected chi connectivity index (χ1v) is 7.44. The van der Waals surface area contributed by atoms with Gasteiger partial charge in [-0.15, -0.1) is 0 Å². The van der Waals surface area contributed by atoms with Crippen molar-refractivity contribution in [2.45, 2.75) is 45.1 Å². The summed E-state index contributed by atoms with van der Waals surface area (Å²) in [6.45, 7) is 9.92. The van der Waals surface area contributed by atoms with Crippen molar-refractivity contribution in [3.05, 3.63) is 0 Å². The lowest BCUT2D eigenvalue weighted by Gasteiger charge is -2.34. The maximum absolute atomic E-state index is 5.76. The van der Waals surface area contributed by atoms with Crippen molar-refractivity contribution >= 4 is 0 Å². The van der Waals surface area contributed by atoms with Crippen LogP contribution in [0.5, 0.6) is 0 Å². The molecule has 0 aromatic heterocycles. The second-order valence-electron chi connectivity index (χ2n) is 6.06. The van der Waals surface area contributed by atoms with Crippen molar-refractivity contribution in [3.8, 4) is 0 Å². The number of unbranched alkanes of at least 4 members (excludes halogenated alkanes) is 1. The maximum atomic E-state index is 5.76. The molecule has 1 heterocycles. The maximum Gasteiger partial charge on any atom is 0.0110 e. The molecule has 0 bridgehead atoms. The molecule has 0 aromatic carbocycles. The molecule has 1 saturated carbocycles. The molecule has 100 valence electrons. The molecule has 2 fully saturated rings. The van der Waals surface area contributed by atoms with Gasteiger partial charge in [-0.05, 0) is 45.1 Å². The summed E-state index contributed by atoms with van der Waals surface area (Å²) in [5, 5.41) is 0. The lowest BCUT2D eigenvalue weighted by molar-refractivity contribution is 0.127. The van der Waals surface area contributed by atoms with Gasteiger partial charge in [0.25, 0.3) is 0 Å². The van der Waals surface area contributed by atoms with E-state index < -0.39 is 0 Å². The first-order chi connectivity index (χ1) is 8.24. The second kappa shape index (κ2) is 6.72. The van der Waals surface area contributed by atoms with Crippen molar-refractivity contribution in [2.75, 3.05) is 39.3 Å². The molecular formula is C14H29N3. The second-order valence-corrected chi connectivity index (χ2v) is 6.06. The Labute approximate surface area is 106 Å². The zero-order valence-corrected chi connectivity index (χ0v) is 11.4. The van der Waals surface area contributed by atoms with E-state index in [4.69, 9.17) is 5.73 Å². The number of nitrogens with zero attached hydrogens (tertiary/aromatic N) is 2. The summed E-state index contributed by atoms with van der Waals surface area (Å²) < 4.78 is 0. The highest BCUT2D eigenvalue weighted by Crippen LogP contribution is 2.29. The molecule has 1 atom stereocenters. The van der Waals surface area contributed by atoms with Crippen LogP contribution in [-0.4, -0.2) is 55.1 Å². The molecule has 0 aromatic rings. The summed E-state index contributed by atoms with van der Waals surface area (Å²) in [4.78, 5) is 5.29. The van der Waals surface area contributed by atoms with Gasteiger partial charge in [0, 0.05) is 38.8 Å². The predicted molar refractivity (Wildman–Crippen MR) is 73.1 cm³/mol. The molecule has 2 N–H and O–H groups in total. The molecule has 1 aliphatic carbocycles. The van der Waals surface area contributed by atoms with Gasteiger partial charge < -0.3 is 15.5 Å². The summed E-state index contributed by atoms with van der Waals surface area (Å²) in [5.41, 5.74) is 5.76. The van der Waals surface area contributed by atoms with Crippen LogP contribution < -0.4 is 5.73 Å². The molecule has 2 rings (SSSR count). The van der Waals surface area contributed by atoms with E-state index in [2.05, 4.69) is 16.7 Å². The minimum atomic E-state index is 0.380. The van der Waals surface area contributed by atoms with Crippen LogP contribution in [0, 0.1) is 5.92 Å². The molecule has 17 heavy (non-hydrogen) atoms. The van der Waals surface area contributed by atoms with Crippen molar-refractivity contribution in [1.29, 1.82) is 0 Å². The molecule has 0 spiro atoms.